The first kappa shape index (κ1) is 19.3. The molecule has 6 heteroatoms. The molecule has 0 bridgehead atoms. The van der Waals surface area contributed by atoms with Crippen LogP contribution in [0.3, 0.4) is 0 Å². The molecule has 6 nitrogen and oxygen atoms in total. The fourth-order valence-electron chi connectivity index (χ4n) is 4.03. The Bertz CT molecular complexity index is 1090. The maximum Gasteiger partial charge on any atom is 0.274 e. The number of hydrogen-bond donors (Lipinski definition) is 1. The number of carbonyl (C=O) groups excluding carboxylic acids is 1. The minimum absolute atomic E-state index is 0.000881. The van der Waals surface area contributed by atoms with Crippen LogP contribution >= 0.6 is 0 Å². The number of nitrogens with one attached hydrogen (secondary N) is 1. The van der Waals surface area contributed by atoms with Crippen LogP contribution in [0.15, 0.2) is 53.3 Å². The monoisotopic (exact) mass is 390 g/mol. The number of fused-ring (bicyclic) bond motifs is 1. The zero-order valence-corrected chi connectivity index (χ0v) is 16.9. The molecule has 1 unspecified atom stereocenters. The second-order valence-electron chi connectivity index (χ2n) is 7.50. The summed E-state index contributed by atoms with van der Waals surface area (Å²) >= 11 is 0. The van der Waals surface area contributed by atoms with Gasteiger partial charge in [-0.1, -0.05) is 49.4 Å². The minimum atomic E-state index is -0.145. The second kappa shape index (κ2) is 8.17. The van der Waals surface area contributed by atoms with Crippen LogP contribution in [0.5, 0.6) is 0 Å². The van der Waals surface area contributed by atoms with Crippen LogP contribution in [0.4, 0.5) is 0 Å². The summed E-state index contributed by atoms with van der Waals surface area (Å²) in [6, 6.07) is 15.9. The van der Waals surface area contributed by atoms with Crippen molar-refractivity contribution in [2.75, 3.05) is 19.6 Å². The Morgan fingerprint density at radius 3 is 2.59 bits per heavy atom. The largest absolute Gasteiger partial charge is 0.333 e. The molecule has 4 rings (SSSR count). The van der Waals surface area contributed by atoms with Crippen LogP contribution < -0.4 is 10.9 Å². The molecule has 0 aliphatic carbocycles. The van der Waals surface area contributed by atoms with Gasteiger partial charge in [0.2, 0.25) is 5.91 Å². The third kappa shape index (κ3) is 3.80. The third-order valence-corrected chi connectivity index (χ3v) is 5.69. The van der Waals surface area contributed by atoms with Crippen LogP contribution in [0, 0.1) is 0 Å². The van der Waals surface area contributed by atoms with Crippen LogP contribution in [-0.2, 0) is 24.7 Å². The molecule has 1 aliphatic heterocycles. The SMILES string of the molecule is CCc1ccc(C2CNCCN2C(=O)Cc2nn(C)c(=O)c3ccccc23)cc1. The molecule has 1 amide bonds. The lowest BCUT2D eigenvalue weighted by atomic mass is 10.00. The van der Waals surface area contributed by atoms with Gasteiger partial charge in [0.25, 0.3) is 5.56 Å². The van der Waals surface area contributed by atoms with E-state index in [1.807, 2.05) is 23.1 Å². The molecular weight excluding hydrogens is 364 g/mol. The number of benzene rings is 2. The van der Waals surface area contributed by atoms with E-state index in [1.165, 1.54) is 10.2 Å². The van der Waals surface area contributed by atoms with Gasteiger partial charge in [-0.25, -0.2) is 4.68 Å². The van der Waals surface area contributed by atoms with Crippen molar-refractivity contribution in [3.63, 3.8) is 0 Å². The number of piperazine rings is 1. The van der Waals surface area contributed by atoms with Crippen molar-refractivity contribution in [2.45, 2.75) is 25.8 Å². The zero-order valence-electron chi connectivity index (χ0n) is 16.9. The molecule has 1 aliphatic rings. The van der Waals surface area contributed by atoms with Gasteiger partial charge in [-0.3, -0.25) is 9.59 Å². The van der Waals surface area contributed by atoms with Gasteiger partial charge < -0.3 is 10.2 Å². The first-order chi connectivity index (χ1) is 14.1. The van der Waals surface area contributed by atoms with Crippen molar-refractivity contribution >= 4 is 16.7 Å². The molecule has 150 valence electrons. The highest BCUT2D eigenvalue weighted by Crippen LogP contribution is 2.24. The lowest BCUT2D eigenvalue weighted by Gasteiger charge is -2.36. The molecule has 1 aromatic heterocycles. The summed E-state index contributed by atoms with van der Waals surface area (Å²) in [6.07, 6.45) is 1.18. The van der Waals surface area contributed by atoms with E-state index in [1.54, 1.807) is 13.1 Å². The Kier molecular flexibility index (Phi) is 5.45. The molecule has 1 N–H and O–H groups in total. The second-order valence-corrected chi connectivity index (χ2v) is 7.50. The van der Waals surface area contributed by atoms with Crippen molar-refractivity contribution in [2.24, 2.45) is 7.05 Å². The van der Waals surface area contributed by atoms with Gasteiger partial charge in [0.05, 0.1) is 23.5 Å². The Morgan fingerprint density at radius 2 is 1.86 bits per heavy atom. The summed E-state index contributed by atoms with van der Waals surface area (Å²) in [6.45, 7) is 4.30. The summed E-state index contributed by atoms with van der Waals surface area (Å²) in [5.74, 6) is 0.0346. The van der Waals surface area contributed by atoms with Gasteiger partial charge in [0.15, 0.2) is 0 Å². The van der Waals surface area contributed by atoms with E-state index >= 15 is 0 Å². The molecule has 0 radical (unpaired) electrons. The minimum Gasteiger partial charge on any atom is -0.333 e. The van der Waals surface area contributed by atoms with E-state index in [0.29, 0.717) is 17.6 Å². The molecule has 0 saturated carbocycles. The van der Waals surface area contributed by atoms with Gasteiger partial charge >= 0.3 is 0 Å². The average Bonchev–Trinajstić information content (AvgIpc) is 2.77. The smallest absolute Gasteiger partial charge is 0.274 e. The molecule has 0 spiro atoms. The van der Waals surface area contributed by atoms with E-state index in [2.05, 4.69) is 41.6 Å². The Labute approximate surface area is 170 Å². The van der Waals surface area contributed by atoms with E-state index < -0.39 is 0 Å². The van der Waals surface area contributed by atoms with Crippen LogP contribution in [-0.4, -0.2) is 40.2 Å². The first-order valence-electron chi connectivity index (χ1n) is 10.1. The van der Waals surface area contributed by atoms with Gasteiger partial charge in [0.1, 0.15) is 0 Å². The topological polar surface area (TPSA) is 67.2 Å². The molecule has 2 heterocycles. The number of aromatic nitrogens is 2. The lowest BCUT2D eigenvalue weighted by molar-refractivity contribution is -0.133. The summed E-state index contributed by atoms with van der Waals surface area (Å²) < 4.78 is 1.32. The summed E-state index contributed by atoms with van der Waals surface area (Å²) in [4.78, 5) is 27.6. The van der Waals surface area contributed by atoms with Gasteiger partial charge in [-0.2, -0.15) is 5.10 Å². The van der Waals surface area contributed by atoms with Crippen molar-refractivity contribution in [3.8, 4) is 0 Å². The Balaban J connectivity index is 1.64. The predicted molar refractivity (Wildman–Crippen MR) is 114 cm³/mol. The van der Waals surface area contributed by atoms with Gasteiger partial charge in [0, 0.05) is 32.1 Å². The van der Waals surface area contributed by atoms with E-state index in [0.717, 1.165) is 30.5 Å². The average molecular weight is 390 g/mol. The van der Waals surface area contributed by atoms with E-state index in [9.17, 15) is 9.59 Å². The number of aryl methyl sites for hydroxylation is 2. The highest BCUT2D eigenvalue weighted by Gasteiger charge is 2.28. The van der Waals surface area contributed by atoms with Gasteiger partial charge in [-0.15, -0.1) is 0 Å². The van der Waals surface area contributed by atoms with E-state index in [4.69, 9.17) is 0 Å². The molecular formula is C23H26N4O2. The first-order valence-corrected chi connectivity index (χ1v) is 10.1. The fraction of sp³-hybridized carbons (Fsp3) is 0.348. The van der Waals surface area contributed by atoms with Gasteiger partial charge in [-0.05, 0) is 23.6 Å². The molecule has 1 saturated heterocycles. The van der Waals surface area contributed by atoms with Crippen molar-refractivity contribution in [1.29, 1.82) is 0 Å². The summed E-state index contributed by atoms with van der Waals surface area (Å²) in [5, 5.41) is 9.15. The highest BCUT2D eigenvalue weighted by atomic mass is 16.2. The number of carbonyl (C=O) groups is 1. The summed E-state index contributed by atoms with van der Waals surface area (Å²) in [7, 11) is 1.63. The van der Waals surface area contributed by atoms with Crippen molar-refractivity contribution in [1.82, 2.24) is 20.0 Å². The molecule has 3 aromatic rings. The van der Waals surface area contributed by atoms with Crippen LogP contribution in [0.1, 0.15) is 29.8 Å². The number of rotatable bonds is 4. The number of amides is 1. The molecule has 2 aromatic carbocycles. The summed E-state index contributed by atoms with van der Waals surface area (Å²) in [5.41, 5.74) is 2.93. The highest BCUT2D eigenvalue weighted by molar-refractivity contribution is 5.88. The fourth-order valence-corrected chi connectivity index (χ4v) is 4.03. The molecule has 29 heavy (non-hydrogen) atoms. The lowest BCUT2D eigenvalue weighted by Crippen LogP contribution is -2.49. The van der Waals surface area contributed by atoms with Crippen LogP contribution in [0.2, 0.25) is 0 Å². The van der Waals surface area contributed by atoms with Crippen molar-refractivity contribution in [3.05, 3.63) is 75.7 Å². The molecule has 1 atom stereocenters. The Morgan fingerprint density at radius 1 is 1.14 bits per heavy atom. The maximum atomic E-state index is 13.3. The quantitative estimate of drug-likeness (QED) is 0.742. The van der Waals surface area contributed by atoms with Crippen LogP contribution in [0.25, 0.3) is 10.8 Å². The molecule has 1 fully saturated rings. The predicted octanol–water partition coefficient (Wildman–Crippen LogP) is 2.21. The zero-order chi connectivity index (χ0) is 20.4. The Hall–Kier alpha value is -2.99. The van der Waals surface area contributed by atoms with Crippen molar-refractivity contribution < 1.29 is 4.79 Å². The standard InChI is InChI=1S/C23H26N4O2/c1-3-16-8-10-17(11-9-16)21-15-24-12-13-27(21)22(28)14-20-18-6-4-5-7-19(18)23(29)26(2)25-20/h4-11,21,24H,3,12-15H2,1-2H3. The number of hydrogen-bond acceptors (Lipinski definition) is 4. The maximum absolute atomic E-state index is 13.3. The number of nitrogens with zero attached hydrogens (tertiary/aromatic N) is 3. The normalized spacial score (nSPS) is 16.9. The third-order valence-electron chi connectivity index (χ3n) is 5.69. The van der Waals surface area contributed by atoms with E-state index in [-0.39, 0.29) is 23.9 Å².